The molecule has 0 heterocycles. The summed E-state index contributed by atoms with van der Waals surface area (Å²) in [4.78, 5) is 23.8. The maximum Gasteiger partial charge on any atom is 0.344 e. The van der Waals surface area contributed by atoms with Crippen LogP contribution in [0.15, 0.2) is 18.2 Å². The van der Waals surface area contributed by atoms with Crippen LogP contribution in [0, 0.1) is 24.7 Å². The smallest absolute Gasteiger partial charge is 0.344 e. The average molecular weight is 380 g/mol. The van der Waals surface area contributed by atoms with E-state index >= 15 is 0 Å². The molecule has 2 saturated carbocycles. The lowest BCUT2D eigenvalue weighted by Gasteiger charge is -2.28. The maximum absolute atomic E-state index is 12.0. The minimum absolute atomic E-state index is 0.124. The Kier molecular flexibility index (Phi) is 6.07. The highest BCUT2D eigenvalue weighted by Crippen LogP contribution is 2.49. The van der Waals surface area contributed by atoms with Gasteiger partial charge < -0.3 is 14.8 Å². The number of benzene rings is 1. The van der Waals surface area contributed by atoms with Gasteiger partial charge in [-0.25, -0.2) is 4.79 Å². The van der Waals surface area contributed by atoms with E-state index in [1.54, 1.807) is 12.1 Å². The van der Waals surface area contributed by atoms with Crippen LogP contribution in [0.1, 0.15) is 38.2 Å². The zero-order chi connectivity index (χ0) is 18.7. The highest BCUT2D eigenvalue weighted by Gasteiger charge is 2.42. The number of carbonyl (C=O) groups excluding carboxylic acids is 2. The molecular weight excluding hydrogens is 354 g/mol. The fraction of sp³-hybridized carbons (Fsp3) is 0.600. The van der Waals surface area contributed by atoms with Crippen LogP contribution in [0.5, 0.6) is 5.75 Å². The van der Waals surface area contributed by atoms with Crippen molar-refractivity contribution in [1.82, 2.24) is 5.32 Å². The molecule has 1 amide bonds. The van der Waals surface area contributed by atoms with E-state index in [4.69, 9.17) is 21.1 Å². The van der Waals surface area contributed by atoms with E-state index in [1.807, 2.05) is 19.9 Å². The Bertz CT molecular complexity index is 678. The predicted octanol–water partition coefficient (Wildman–Crippen LogP) is 3.51. The molecule has 3 rings (SSSR count). The largest absolute Gasteiger partial charge is 0.480 e. The zero-order valence-electron chi connectivity index (χ0n) is 15.3. The van der Waals surface area contributed by atoms with Gasteiger partial charge in [-0.1, -0.05) is 24.1 Å². The van der Waals surface area contributed by atoms with Crippen LogP contribution in [0.3, 0.4) is 0 Å². The van der Waals surface area contributed by atoms with Crippen molar-refractivity contribution < 1.29 is 19.1 Å². The lowest BCUT2D eigenvalue weighted by atomic mass is 9.84. The van der Waals surface area contributed by atoms with Crippen LogP contribution in [0.4, 0.5) is 0 Å². The lowest BCUT2D eigenvalue weighted by molar-refractivity contribution is -0.150. The van der Waals surface area contributed by atoms with Gasteiger partial charge in [0.25, 0.3) is 5.91 Å². The Hall–Kier alpha value is -1.75. The molecule has 2 aliphatic carbocycles. The first-order valence-electron chi connectivity index (χ1n) is 9.26. The molecule has 0 spiro atoms. The first-order chi connectivity index (χ1) is 12.4. The molecule has 5 nitrogen and oxygen atoms in total. The third-order valence-electron chi connectivity index (χ3n) is 5.62. The van der Waals surface area contributed by atoms with Crippen molar-refractivity contribution in [3.63, 3.8) is 0 Å². The van der Waals surface area contributed by atoms with Gasteiger partial charge in [0, 0.05) is 6.04 Å². The number of nitrogens with one attached hydrogen (secondary N) is 1. The summed E-state index contributed by atoms with van der Waals surface area (Å²) < 4.78 is 10.4. The summed E-state index contributed by atoms with van der Waals surface area (Å²) in [6.45, 7) is 3.39. The molecule has 26 heavy (non-hydrogen) atoms. The van der Waals surface area contributed by atoms with Crippen LogP contribution >= 0.6 is 11.6 Å². The Labute approximate surface area is 159 Å². The van der Waals surface area contributed by atoms with Crippen molar-refractivity contribution in [3.05, 3.63) is 28.8 Å². The molecule has 0 aromatic heterocycles. The second kappa shape index (κ2) is 8.30. The van der Waals surface area contributed by atoms with Gasteiger partial charge in [-0.05, 0) is 68.6 Å². The van der Waals surface area contributed by atoms with Gasteiger partial charge in [0.2, 0.25) is 0 Å². The molecule has 2 fully saturated rings. The van der Waals surface area contributed by atoms with E-state index in [0.29, 0.717) is 16.7 Å². The predicted molar refractivity (Wildman–Crippen MR) is 99.2 cm³/mol. The summed E-state index contributed by atoms with van der Waals surface area (Å²) in [5.74, 6) is 1.71. The van der Waals surface area contributed by atoms with Crippen molar-refractivity contribution in [2.45, 2.75) is 45.6 Å². The van der Waals surface area contributed by atoms with Crippen molar-refractivity contribution in [2.75, 3.05) is 13.2 Å². The number of carbonyl (C=O) groups is 2. The molecule has 2 bridgehead atoms. The molecular formula is C20H26ClNO4. The molecule has 1 N–H and O–H groups in total. The molecule has 2 aliphatic rings. The van der Waals surface area contributed by atoms with Gasteiger partial charge in [-0.2, -0.15) is 0 Å². The van der Waals surface area contributed by atoms with Crippen molar-refractivity contribution in [1.29, 1.82) is 0 Å². The molecule has 0 saturated heterocycles. The van der Waals surface area contributed by atoms with Gasteiger partial charge in [0.15, 0.2) is 13.2 Å². The SMILES string of the molecule is Cc1ccc(Cl)c(OCC(=O)OCC(=O)NC(C)C2CC3CCC2C3)c1. The second-order valence-corrected chi connectivity index (χ2v) is 7.99. The molecule has 142 valence electrons. The number of halogens is 1. The number of hydrogen-bond acceptors (Lipinski definition) is 4. The fourth-order valence-electron chi connectivity index (χ4n) is 4.35. The summed E-state index contributed by atoms with van der Waals surface area (Å²) in [7, 11) is 0. The molecule has 1 aromatic carbocycles. The van der Waals surface area contributed by atoms with Gasteiger partial charge in [-0.3, -0.25) is 4.79 Å². The molecule has 4 unspecified atom stereocenters. The third-order valence-corrected chi connectivity index (χ3v) is 5.93. The van der Waals surface area contributed by atoms with E-state index in [9.17, 15) is 9.59 Å². The van der Waals surface area contributed by atoms with Crippen molar-refractivity contribution >= 4 is 23.5 Å². The third kappa shape index (κ3) is 4.70. The lowest BCUT2D eigenvalue weighted by Crippen LogP contribution is -2.42. The number of rotatable bonds is 7. The van der Waals surface area contributed by atoms with E-state index in [-0.39, 0.29) is 25.2 Å². The molecule has 6 heteroatoms. The van der Waals surface area contributed by atoms with Crippen LogP contribution in [-0.2, 0) is 14.3 Å². The zero-order valence-corrected chi connectivity index (χ0v) is 16.1. The Morgan fingerprint density at radius 2 is 2.08 bits per heavy atom. The van der Waals surface area contributed by atoms with Gasteiger partial charge in [0.1, 0.15) is 5.75 Å². The molecule has 0 aliphatic heterocycles. The maximum atomic E-state index is 12.0. The highest BCUT2D eigenvalue weighted by molar-refractivity contribution is 6.32. The normalized spacial score (nSPS) is 25.0. The van der Waals surface area contributed by atoms with E-state index < -0.39 is 5.97 Å². The van der Waals surface area contributed by atoms with Crippen molar-refractivity contribution in [3.8, 4) is 5.75 Å². The summed E-state index contributed by atoms with van der Waals surface area (Å²) in [5.41, 5.74) is 0.978. The number of amides is 1. The highest BCUT2D eigenvalue weighted by atomic mass is 35.5. The van der Waals surface area contributed by atoms with Crippen LogP contribution in [0.25, 0.3) is 0 Å². The first kappa shape index (κ1) is 19.0. The van der Waals surface area contributed by atoms with Crippen molar-refractivity contribution in [2.24, 2.45) is 17.8 Å². The van der Waals surface area contributed by atoms with Crippen LogP contribution in [0.2, 0.25) is 5.02 Å². The number of fused-ring (bicyclic) bond motifs is 2. The molecule has 0 radical (unpaired) electrons. The van der Waals surface area contributed by atoms with Crippen LogP contribution in [-0.4, -0.2) is 31.1 Å². The topological polar surface area (TPSA) is 64.6 Å². The summed E-state index contributed by atoms with van der Waals surface area (Å²) in [5, 5.41) is 3.41. The van der Waals surface area contributed by atoms with Gasteiger partial charge >= 0.3 is 5.97 Å². The Morgan fingerprint density at radius 1 is 1.27 bits per heavy atom. The Balaban J connectivity index is 1.37. The van der Waals surface area contributed by atoms with Crippen LogP contribution < -0.4 is 10.1 Å². The number of esters is 1. The first-order valence-corrected chi connectivity index (χ1v) is 9.64. The quantitative estimate of drug-likeness (QED) is 0.736. The molecule has 1 aromatic rings. The fourth-order valence-corrected chi connectivity index (χ4v) is 4.53. The molecule has 4 atom stereocenters. The van der Waals surface area contributed by atoms with E-state index in [0.717, 1.165) is 17.4 Å². The van der Waals surface area contributed by atoms with E-state index in [2.05, 4.69) is 5.32 Å². The number of hydrogen-bond donors (Lipinski definition) is 1. The number of ether oxygens (including phenoxy) is 2. The summed E-state index contributed by atoms with van der Waals surface area (Å²) in [6, 6.07) is 5.44. The monoisotopic (exact) mass is 379 g/mol. The summed E-state index contributed by atoms with van der Waals surface area (Å²) >= 11 is 6.01. The second-order valence-electron chi connectivity index (χ2n) is 7.58. The minimum atomic E-state index is -0.592. The average Bonchev–Trinajstić information content (AvgIpc) is 3.24. The van der Waals surface area contributed by atoms with E-state index in [1.165, 1.54) is 25.7 Å². The Morgan fingerprint density at radius 3 is 2.77 bits per heavy atom. The van der Waals surface area contributed by atoms with Gasteiger partial charge in [0.05, 0.1) is 5.02 Å². The summed E-state index contributed by atoms with van der Waals surface area (Å²) in [6.07, 6.45) is 5.13. The number of aryl methyl sites for hydroxylation is 1. The van der Waals surface area contributed by atoms with Gasteiger partial charge in [-0.15, -0.1) is 0 Å². The standard InChI is InChI=1S/C20H26ClNO4/c1-12-3-6-17(21)18(7-12)25-11-20(24)26-10-19(23)22-13(2)16-9-14-4-5-15(16)8-14/h3,6-7,13-16H,4-5,8-11H2,1-2H3,(H,22,23). The minimum Gasteiger partial charge on any atom is -0.480 e.